The molecule has 1 aromatic heterocycles. The number of aromatic nitrogens is 1. The lowest BCUT2D eigenvalue weighted by Crippen LogP contribution is -2.29. The largest absolute Gasteiger partial charge is 0.378 e. The minimum Gasteiger partial charge on any atom is -0.378 e. The molecular formula is C10H16N2OS. The highest BCUT2D eigenvalue weighted by Gasteiger charge is 2.32. The SMILES string of the molecule is CNC(c1cscn1)C1CCOC1C. The Bertz CT molecular complexity index is 276. The molecule has 3 unspecified atom stereocenters. The molecule has 0 spiro atoms. The molecule has 2 rings (SSSR count). The highest BCUT2D eigenvalue weighted by molar-refractivity contribution is 7.07. The second kappa shape index (κ2) is 4.38. The van der Waals surface area contributed by atoms with Gasteiger partial charge in [0.25, 0.3) is 0 Å². The molecule has 14 heavy (non-hydrogen) atoms. The van der Waals surface area contributed by atoms with Gasteiger partial charge in [0.2, 0.25) is 0 Å². The maximum Gasteiger partial charge on any atom is 0.0795 e. The van der Waals surface area contributed by atoms with Crippen LogP contribution in [0.2, 0.25) is 0 Å². The number of thiazole rings is 1. The monoisotopic (exact) mass is 212 g/mol. The molecule has 0 radical (unpaired) electrons. The van der Waals surface area contributed by atoms with E-state index in [1.807, 2.05) is 12.6 Å². The Morgan fingerprint density at radius 3 is 3.07 bits per heavy atom. The van der Waals surface area contributed by atoms with Gasteiger partial charge in [0.05, 0.1) is 23.4 Å². The number of ether oxygens (including phenoxy) is 1. The molecule has 0 saturated carbocycles. The molecule has 0 amide bonds. The molecule has 0 bridgehead atoms. The fourth-order valence-electron chi connectivity index (χ4n) is 2.14. The standard InChI is InChI=1S/C10H16N2OS/c1-7-8(3-4-13-7)10(11-2)9-5-14-6-12-9/h5-8,10-11H,3-4H2,1-2H3. The molecule has 0 aliphatic carbocycles. The summed E-state index contributed by atoms with van der Waals surface area (Å²) in [5, 5.41) is 5.46. The summed E-state index contributed by atoms with van der Waals surface area (Å²) in [6, 6.07) is 0.346. The summed E-state index contributed by atoms with van der Waals surface area (Å²) < 4.78 is 5.58. The quantitative estimate of drug-likeness (QED) is 0.830. The number of nitrogens with one attached hydrogen (secondary N) is 1. The van der Waals surface area contributed by atoms with Gasteiger partial charge in [-0.25, -0.2) is 4.98 Å². The lowest BCUT2D eigenvalue weighted by molar-refractivity contribution is 0.0959. The van der Waals surface area contributed by atoms with Gasteiger partial charge in [-0.15, -0.1) is 11.3 Å². The van der Waals surface area contributed by atoms with Crippen molar-refractivity contribution < 1.29 is 4.74 Å². The number of hydrogen-bond acceptors (Lipinski definition) is 4. The van der Waals surface area contributed by atoms with E-state index in [1.54, 1.807) is 11.3 Å². The lowest BCUT2D eigenvalue weighted by Gasteiger charge is -2.23. The third-order valence-corrected chi connectivity index (χ3v) is 3.55. The van der Waals surface area contributed by atoms with Crippen molar-refractivity contribution in [3.63, 3.8) is 0 Å². The van der Waals surface area contributed by atoms with Crippen LogP contribution in [0.15, 0.2) is 10.9 Å². The summed E-state index contributed by atoms with van der Waals surface area (Å²) in [5.74, 6) is 0.557. The molecule has 1 N–H and O–H groups in total. The molecule has 2 heterocycles. The molecule has 0 aromatic carbocycles. The minimum atomic E-state index is 0.342. The number of nitrogens with zero attached hydrogens (tertiary/aromatic N) is 1. The third-order valence-electron chi connectivity index (χ3n) is 2.94. The van der Waals surface area contributed by atoms with E-state index in [0.717, 1.165) is 18.7 Å². The number of hydrogen-bond donors (Lipinski definition) is 1. The van der Waals surface area contributed by atoms with Gasteiger partial charge in [-0.05, 0) is 20.4 Å². The van der Waals surface area contributed by atoms with Crippen molar-refractivity contribution in [2.45, 2.75) is 25.5 Å². The maximum atomic E-state index is 5.58. The Kier molecular flexibility index (Phi) is 3.15. The van der Waals surface area contributed by atoms with Gasteiger partial charge in [0.1, 0.15) is 0 Å². The average Bonchev–Trinajstić information content (AvgIpc) is 2.80. The first-order valence-corrected chi connectivity index (χ1v) is 5.94. The van der Waals surface area contributed by atoms with E-state index in [9.17, 15) is 0 Å². The number of rotatable bonds is 3. The first-order valence-electron chi connectivity index (χ1n) is 5.00. The van der Waals surface area contributed by atoms with Gasteiger partial charge < -0.3 is 10.1 Å². The topological polar surface area (TPSA) is 34.2 Å². The first kappa shape index (κ1) is 10.1. The van der Waals surface area contributed by atoms with Crippen LogP contribution in [0, 0.1) is 5.92 Å². The van der Waals surface area contributed by atoms with Crippen LogP contribution in [0.25, 0.3) is 0 Å². The molecule has 1 aromatic rings. The van der Waals surface area contributed by atoms with Gasteiger partial charge in [-0.1, -0.05) is 0 Å². The van der Waals surface area contributed by atoms with Crippen LogP contribution in [0.5, 0.6) is 0 Å². The van der Waals surface area contributed by atoms with Crippen LogP contribution in [0.1, 0.15) is 25.1 Å². The molecular weight excluding hydrogens is 196 g/mol. The lowest BCUT2D eigenvalue weighted by atomic mass is 9.92. The zero-order valence-corrected chi connectivity index (χ0v) is 9.38. The highest BCUT2D eigenvalue weighted by atomic mass is 32.1. The molecule has 78 valence electrons. The van der Waals surface area contributed by atoms with Gasteiger partial charge in [-0.3, -0.25) is 0 Å². The predicted molar refractivity (Wildman–Crippen MR) is 57.4 cm³/mol. The second-order valence-corrected chi connectivity index (χ2v) is 4.43. The van der Waals surface area contributed by atoms with E-state index in [-0.39, 0.29) is 0 Å². The smallest absolute Gasteiger partial charge is 0.0795 e. The average molecular weight is 212 g/mol. The van der Waals surface area contributed by atoms with Crippen molar-refractivity contribution in [2.75, 3.05) is 13.7 Å². The van der Waals surface area contributed by atoms with E-state index in [2.05, 4.69) is 22.6 Å². The molecule has 1 saturated heterocycles. The van der Waals surface area contributed by atoms with Crippen molar-refractivity contribution >= 4 is 11.3 Å². The van der Waals surface area contributed by atoms with Crippen LogP contribution in [0.3, 0.4) is 0 Å². The molecule has 3 atom stereocenters. The fraction of sp³-hybridized carbons (Fsp3) is 0.700. The Labute approximate surface area is 88.5 Å². The van der Waals surface area contributed by atoms with Crippen LogP contribution in [-0.2, 0) is 4.74 Å². The van der Waals surface area contributed by atoms with Crippen LogP contribution in [-0.4, -0.2) is 24.7 Å². The van der Waals surface area contributed by atoms with E-state index in [4.69, 9.17) is 4.74 Å². The Balaban J connectivity index is 2.13. The van der Waals surface area contributed by atoms with Crippen molar-refractivity contribution in [2.24, 2.45) is 5.92 Å². The van der Waals surface area contributed by atoms with Gasteiger partial charge in [-0.2, -0.15) is 0 Å². The molecule has 3 nitrogen and oxygen atoms in total. The normalized spacial score (nSPS) is 29.3. The first-order chi connectivity index (χ1) is 6.83. The van der Waals surface area contributed by atoms with E-state index < -0.39 is 0 Å². The highest BCUT2D eigenvalue weighted by Crippen LogP contribution is 2.32. The van der Waals surface area contributed by atoms with Gasteiger partial charge in [0, 0.05) is 17.9 Å². The Morgan fingerprint density at radius 1 is 1.71 bits per heavy atom. The zero-order valence-electron chi connectivity index (χ0n) is 8.56. The van der Waals surface area contributed by atoms with E-state index in [1.165, 1.54) is 0 Å². The minimum absolute atomic E-state index is 0.342. The predicted octanol–water partition coefficient (Wildman–Crippen LogP) is 1.83. The van der Waals surface area contributed by atoms with Crippen LogP contribution in [0.4, 0.5) is 0 Å². The van der Waals surface area contributed by atoms with E-state index >= 15 is 0 Å². The summed E-state index contributed by atoms with van der Waals surface area (Å²) in [5.41, 5.74) is 3.04. The zero-order chi connectivity index (χ0) is 9.97. The van der Waals surface area contributed by atoms with Crippen LogP contribution >= 0.6 is 11.3 Å². The second-order valence-electron chi connectivity index (χ2n) is 3.71. The summed E-state index contributed by atoms with van der Waals surface area (Å²) in [6.07, 6.45) is 1.47. The summed E-state index contributed by atoms with van der Waals surface area (Å²) in [6.45, 7) is 3.03. The fourth-order valence-corrected chi connectivity index (χ4v) is 2.73. The molecule has 1 fully saturated rings. The summed E-state index contributed by atoms with van der Waals surface area (Å²) >= 11 is 1.65. The van der Waals surface area contributed by atoms with E-state index in [0.29, 0.717) is 18.1 Å². The molecule has 1 aliphatic rings. The maximum absolute atomic E-state index is 5.58. The van der Waals surface area contributed by atoms with Crippen LogP contribution < -0.4 is 5.32 Å². The summed E-state index contributed by atoms with van der Waals surface area (Å²) in [4.78, 5) is 4.37. The molecule has 1 aliphatic heterocycles. The van der Waals surface area contributed by atoms with Gasteiger partial charge in [0.15, 0.2) is 0 Å². The summed E-state index contributed by atoms with van der Waals surface area (Å²) in [7, 11) is 2.00. The van der Waals surface area contributed by atoms with Gasteiger partial charge >= 0.3 is 0 Å². The third kappa shape index (κ3) is 1.82. The van der Waals surface area contributed by atoms with Crippen molar-refractivity contribution in [3.8, 4) is 0 Å². The Morgan fingerprint density at radius 2 is 2.57 bits per heavy atom. The Hall–Kier alpha value is -0.450. The molecule has 4 heteroatoms. The van der Waals surface area contributed by atoms with Crippen molar-refractivity contribution in [3.05, 3.63) is 16.6 Å². The van der Waals surface area contributed by atoms with Crippen molar-refractivity contribution in [1.29, 1.82) is 0 Å². The van der Waals surface area contributed by atoms with Crippen molar-refractivity contribution in [1.82, 2.24) is 10.3 Å².